The third-order valence-corrected chi connectivity index (χ3v) is 5.51. The molecule has 1 aromatic heterocycles. The highest BCUT2D eigenvalue weighted by atomic mass is 35.5. The Bertz CT molecular complexity index is 980. The van der Waals surface area contributed by atoms with E-state index in [1.807, 2.05) is 12.1 Å². The molecule has 0 aliphatic heterocycles. The van der Waals surface area contributed by atoms with Crippen molar-refractivity contribution in [3.8, 4) is 5.75 Å². The van der Waals surface area contributed by atoms with Crippen molar-refractivity contribution in [2.45, 2.75) is 10.3 Å². The monoisotopic (exact) mass is 434 g/mol. The average Bonchev–Trinajstić information content (AvgIpc) is 2.66. The van der Waals surface area contributed by atoms with E-state index < -0.39 is 5.25 Å². The van der Waals surface area contributed by atoms with Crippen LogP contribution >= 0.6 is 35.0 Å². The van der Waals surface area contributed by atoms with Crippen LogP contribution in [-0.4, -0.2) is 13.0 Å². The summed E-state index contributed by atoms with van der Waals surface area (Å²) in [4.78, 5) is 13.1. The lowest BCUT2D eigenvalue weighted by molar-refractivity contribution is -0.645. The number of aromatic nitrogens is 1. The molecule has 3 aromatic rings. The maximum atomic E-state index is 13.1. The number of methoxy groups -OCH3 is 1. The van der Waals surface area contributed by atoms with Gasteiger partial charge in [0.1, 0.15) is 11.0 Å². The maximum Gasteiger partial charge on any atom is 0.252 e. The molecule has 1 heterocycles. The van der Waals surface area contributed by atoms with E-state index in [2.05, 4.69) is 5.32 Å². The van der Waals surface area contributed by atoms with Gasteiger partial charge in [-0.15, -0.1) is 0 Å². The smallest absolute Gasteiger partial charge is 0.252 e. The normalized spacial score (nSPS) is 11.7. The van der Waals surface area contributed by atoms with Crippen molar-refractivity contribution < 1.29 is 14.3 Å². The highest BCUT2D eigenvalue weighted by Crippen LogP contribution is 2.39. The average molecular weight is 435 g/mol. The van der Waals surface area contributed by atoms with Gasteiger partial charge in [0.2, 0.25) is 5.91 Å². The molecule has 144 valence electrons. The molecule has 0 radical (unpaired) electrons. The lowest BCUT2D eigenvalue weighted by Gasteiger charge is -2.19. The first kappa shape index (κ1) is 20.3. The van der Waals surface area contributed by atoms with Crippen molar-refractivity contribution in [3.05, 3.63) is 87.7 Å². The molecule has 0 aliphatic carbocycles. The molecule has 1 unspecified atom stereocenters. The predicted molar refractivity (Wildman–Crippen MR) is 112 cm³/mol. The van der Waals surface area contributed by atoms with Gasteiger partial charge in [0.25, 0.3) is 5.03 Å². The van der Waals surface area contributed by atoms with E-state index in [1.54, 1.807) is 48.5 Å². The summed E-state index contributed by atoms with van der Waals surface area (Å²) in [6.07, 6.45) is 1.39. The van der Waals surface area contributed by atoms with Crippen LogP contribution in [0.5, 0.6) is 5.75 Å². The Morgan fingerprint density at radius 3 is 2.46 bits per heavy atom. The third kappa shape index (κ3) is 4.90. The zero-order valence-corrected chi connectivity index (χ0v) is 17.1. The van der Waals surface area contributed by atoms with E-state index >= 15 is 0 Å². The summed E-state index contributed by atoms with van der Waals surface area (Å²) in [6.45, 7) is 0. The molecule has 0 fully saturated rings. The minimum absolute atomic E-state index is 0.336. The minimum Gasteiger partial charge on any atom is -0.618 e. The van der Waals surface area contributed by atoms with E-state index in [1.165, 1.54) is 13.3 Å². The number of amides is 1. The quantitative estimate of drug-likeness (QED) is 0.332. The van der Waals surface area contributed by atoms with Crippen LogP contribution in [0, 0.1) is 5.21 Å². The van der Waals surface area contributed by atoms with E-state index in [4.69, 9.17) is 27.9 Å². The van der Waals surface area contributed by atoms with Crippen molar-refractivity contribution in [1.82, 2.24) is 0 Å². The van der Waals surface area contributed by atoms with Gasteiger partial charge < -0.3 is 15.3 Å². The maximum absolute atomic E-state index is 13.1. The first-order valence-corrected chi connectivity index (χ1v) is 9.86. The van der Waals surface area contributed by atoms with Crippen molar-refractivity contribution in [2.75, 3.05) is 12.4 Å². The number of halogens is 2. The first-order chi connectivity index (χ1) is 13.5. The number of nitrogens with zero attached hydrogens (tertiary/aromatic N) is 1. The Morgan fingerprint density at radius 2 is 1.79 bits per heavy atom. The summed E-state index contributed by atoms with van der Waals surface area (Å²) < 4.78 is 6.13. The number of carbonyl (C=O) groups excluding carboxylic acids is 1. The molecule has 1 amide bonds. The largest absolute Gasteiger partial charge is 0.618 e. The second-order valence-electron chi connectivity index (χ2n) is 5.75. The topological polar surface area (TPSA) is 65.3 Å². The van der Waals surface area contributed by atoms with Crippen LogP contribution in [-0.2, 0) is 4.79 Å². The van der Waals surface area contributed by atoms with Crippen LogP contribution in [0.25, 0.3) is 0 Å². The Kier molecular flexibility index (Phi) is 6.67. The number of para-hydroxylation sites is 1. The Morgan fingerprint density at radius 1 is 1.11 bits per heavy atom. The van der Waals surface area contributed by atoms with Gasteiger partial charge in [0.05, 0.1) is 7.11 Å². The minimum atomic E-state index is -0.739. The van der Waals surface area contributed by atoms with E-state index in [0.29, 0.717) is 32.1 Å². The van der Waals surface area contributed by atoms with Crippen molar-refractivity contribution >= 4 is 46.6 Å². The van der Waals surface area contributed by atoms with Crippen LogP contribution in [0.15, 0.2) is 71.9 Å². The number of rotatable bonds is 6. The van der Waals surface area contributed by atoms with E-state index in [0.717, 1.165) is 16.5 Å². The molecule has 5 nitrogen and oxygen atoms in total. The Hall–Kier alpha value is -2.41. The van der Waals surface area contributed by atoms with Crippen LogP contribution in [0.2, 0.25) is 10.0 Å². The molecule has 3 rings (SSSR count). The summed E-state index contributed by atoms with van der Waals surface area (Å²) >= 11 is 13.2. The highest BCUT2D eigenvalue weighted by molar-refractivity contribution is 8.00. The molecule has 0 spiro atoms. The second kappa shape index (κ2) is 9.19. The summed E-state index contributed by atoms with van der Waals surface area (Å²) in [6, 6.07) is 17.0. The molecule has 0 aliphatic rings. The molecule has 1 N–H and O–H groups in total. The molecule has 2 aromatic carbocycles. The number of pyridine rings is 1. The molecule has 0 saturated carbocycles. The summed E-state index contributed by atoms with van der Waals surface area (Å²) in [5.74, 6) is 0.212. The van der Waals surface area contributed by atoms with E-state index in [-0.39, 0.29) is 5.91 Å². The van der Waals surface area contributed by atoms with E-state index in [9.17, 15) is 10.0 Å². The van der Waals surface area contributed by atoms with Gasteiger partial charge in [-0.2, -0.15) is 4.73 Å². The summed E-state index contributed by atoms with van der Waals surface area (Å²) in [7, 11) is 1.53. The van der Waals surface area contributed by atoms with Crippen molar-refractivity contribution in [2.24, 2.45) is 0 Å². The number of nitrogens with one attached hydrogen (secondary N) is 1. The first-order valence-electron chi connectivity index (χ1n) is 8.22. The molecular formula is C20H16Cl2N2O3S. The number of anilines is 1. The van der Waals surface area contributed by atoms with Crippen LogP contribution < -0.4 is 14.8 Å². The molecule has 1 atom stereocenters. The predicted octanol–water partition coefficient (Wildman–Crippen LogP) is 5.11. The van der Waals surface area contributed by atoms with Gasteiger partial charge in [-0.25, -0.2) is 0 Å². The summed E-state index contributed by atoms with van der Waals surface area (Å²) in [5.41, 5.74) is 1.11. The number of hydrogen-bond donors (Lipinski definition) is 1. The van der Waals surface area contributed by atoms with Gasteiger partial charge in [0, 0.05) is 33.4 Å². The van der Waals surface area contributed by atoms with Crippen molar-refractivity contribution in [1.29, 1.82) is 0 Å². The van der Waals surface area contributed by atoms with Gasteiger partial charge in [-0.05, 0) is 42.1 Å². The fourth-order valence-corrected chi connectivity index (χ4v) is 4.18. The third-order valence-electron chi connectivity index (χ3n) is 3.82. The molecular weight excluding hydrogens is 419 g/mol. The molecule has 0 bridgehead atoms. The van der Waals surface area contributed by atoms with Gasteiger partial charge in [-0.1, -0.05) is 41.4 Å². The number of carbonyl (C=O) groups is 1. The number of ether oxygens (including phenoxy) is 1. The Balaban J connectivity index is 1.97. The number of benzene rings is 2. The molecule has 0 saturated heterocycles. The summed E-state index contributed by atoms with van der Waals surface area (Å²) in [5, 5.41) is 15.4. The lowest BCUT2D eigenvalue weighted by atomic mass is 10.1. The highest BCUT2D eigenvalue weighted by Gasteiger charge is 2.28. The SMILES string of the molecule is COc1ccccc1C(Sc1cccc[n+]1[O-])C(=O)Nc1cc(Cl)cc(Cl)c1. The lowest BCUT2D eigenvalue weighted by Crippen LogP contribution is -2.29. The zero-order chi connectivity index (χ0) is 20.1. The number of thioether (sulfide) groups is 1. The fraction of sp³-hybridized carbons (Fsp3) is 0.100. The van der Waals surface area contributed by atoms with Crippen molar-refractivity contribution in [3.63, 3.8) is 0 Å². The second-order valence-corrected chi connectivity index (χ2v) is 7.75. The standard InChI is InChI=1S/C20H16Cl2N2O3S/c1-27-17-7-3-2-6-16(17)19(28-18-8-4-5-9-24(18)26)20(25)23-15-11-13(21)10-14(22)12-15/h2-12,19H,1H3,(H,23,25). The number of hydrogen-bond acceptors (Lipinski definition) is 4. The van der Waals surface area contributed by atoms with Gasteiger partial charge in [-0.3, -0.25) is 4.79 Å². The van der Waals surface area contributed by atoms with Crippen LogP contribution in [0.3, 0.4) is 0 Å². The molecule has 28 heavy (non-hydrogen) atoms. The van der Waals surface area contributed by atoms with Crippen LogP contribution in [0.1, 0.15) is 10.8 Å². The fourth-order valence-electron chi connectivity index (χ4n) is 2.60. The Labute approximate surface area is 176 Å². The molecule has 8 heteroatoms. The van der Waals surface area contributed by atoms with Gasteiger partial charge >= 0.3 is 0 Å². The zero-order valence-electron chi connectivity index (χ0n) is 14.8. The van der Waals surface area contributed by atoms with Crippen LogP contribution in [0.4, 0.5) is 5.69 Å². The van der Waals surface area contributed by atoms with Gasteiger partial charge in [0.15, 0.2) is 6.20 Å².